The van der Waals surface area contributed by atoms with E-state index in [9.17, 15) is 18.4 Å². The molecule has 1 aromatic carbocycles. The molecule has 0 radical (unpaired) electrons. The molecule has 0 amide bonds. The van der Waals surface area contributed by atoms with Crippen molar-refractivity contribution < 1.29 is 27.8 Å². The highest BCUT2D eigenvalue weighted by Gasteiger charge is 2.42. The Morgan fingerprint density at radius 2 is 1.52 bits per heavy atom. The third-order valence-corrected chi connectivity index (χ3v) is 2.80. The predicted molar refractivity (Wildman–Crippen MR) is 71.7 cm³/mol. The highest BCUT2D eigenvalue weighted by Crippen LogP contribution is 2.35. The van der Waals surface area contributed by atoms with Crippen LogP contribution in [-0.2, 0) is 25.0 Å². The van der Waals surface area contributed by atoms with Crippen LogP contribution in [-0.4, -0.2) is 25.2 Å². The Kier molecular flexibility index (Phi) is 6.27. The van der Waals surface area contributed by atoms with E-state index >= 15 is 0 Å². The highest BCUT2D eigenvalue weighted by atomic mass is 19.3. The van der Waals surface area contributed by atoms with Gasteiger partial charge in [-0.1, -0.05) is 30.3 Å². The zero-order valence-electron chi connectivity index (χ0n) is 12.0. The molecule has 0 saturated heterocycles. The molecular formula is C15H18F2O4. The maximum atomic E-state index is 14.2. The van der Waals surface area contributed by atoms with Gasteiger partial charge in [-0.15, -0.1) is 0 Å². The first-order valence-electron chi connectivity index (χ1n) is 6.69. The maximum Gasteiger partial charge on any atom is 0.320 e. The zero-order valence-corrected chi connectivity index (χ0v) is 12.0. The molecule has 116 valence electrons. The Bertz CT molecular complexity index is 456. The highest BCUT2D eigenvalue weighted by molar-refractivity contribution is 5.95. The van der Waals surface area contributed by atoms with Gasteiger partial charge in [0.05, 0.1) is 13.2 Å². The standard InChI is InChI=1S/C15H18F2O4/c1-3-20-13(18)12(14(19)21-4-2)10-15(16,17)11-8-6-5-7-9-11/h5-9,12H,3-4,10H2,1-2H3. The number of hydrogen-bond donors (Lipinski definition) is 0. The minimum absolute atomic E-state index is 0.00560. The lowest BCUT2D eigenvalue weighted by Gasteiger charge is -2.21. The van der Waals surface area contributed by atoms with Crippen LogP contribution in [0.15, 0.2) is 30.3 Å². The van der Waals surface area contributed by atoms with Gasteiger partial charge in [-0.05, 0) is 13.8 Å². The minimum Gasteiger partial charge on any atom is -0.465 e. The van der Waals surface area contributed by atoms with Crippen molar-refractivity contribution in [3.8, 4) is 0 Å². The van der Waals surface area contributed by atoms with Crippen molar-refractivity contribution in [1.82, 2.24) is 0 Å². The number of esters is 2. The van der Waals surface area contributed by atoms with Crippen LogP contribution in [0.2, 0.25) is 0 Å². The summed E-state index contributed by atoms with van der Waals surface area (Å²) in [6.07, 6.45) is -0.978. The Morgan fingerprint density at radius 3 is 1.95 bits per heavy atom. The zero-order chi connectivity index (χ0) is 15.9. The molecular weight excluding hydrogens is 282 g/mol. The molecule has 1 rings (SSSR count). The Labute approximate surface area is 122 Å². The second kappa shape index (κ2) is 7.71. The van der Waals surface area contributed by atoms with Crippen LogP contribution in [0.4, 0.5) is 8.78 Å². The number of carbonyl (C=O) groups excluding carboxylic acids is 2. The summed E-state index contributed by atoms with van der Waals surface area (Å²) in [7, 11) is 0. The Hall–Kier alpha value is -1.98. The van der Waals surface area contributed by atoms with E-state index in [1.807, 2.05) is 0 Å². The summed E-state index contributed by atoms with van der Waals surface area (Å²) < 4.78 is 37.7. The predicted octanol–water partition coefficient (Wildman–Crippen LogP) is 2.91. The largest absolute Gasteiger partial charge is 0.465 e. The summed E-state index contributed by atoms with van der Waals surface area (Å²) in [6.45, 7) is 3.09. The van der Waals surface area contributed by atoms with Crippen molar-refractivity contribution in [3.05, 3.63) is 35.9 Å². The van der Waals surface area contributed by atoms with Crippen LogP contribution < -0.4 is 0 Å². The van der Waals surface area contributed by atoms with Crippen LogP contribution in [0.25, 0.3) is 0 Å². The molecule has 0 bridgehead atoms. The first-order valence-corrected chi connectivity index (χ1v) is 6.69. The van der Waals surface area contributed by atoms with E-state index < -0.39 is 30.2 Å². The maximum absolute atomic E-state index is 14.2. The molecule has 0 saturated carbocycles. The quantitative estimate of drug-likeness (QED) is 0.574. The van der Waals surface area contributed by atoms with E-state index in [4.69, 9.17) is 0 Å². The first-order chi connectivity index (χ1) is 9.92. The third kappa shape index (κ3) is 4.81. The topological polar surface area (TPSA) is 52.6 Å². The van der Waals surface area contributed by atoms with Crippen LogP contribution in [0.1, 0.15) is 25.8 Å². The van der Waals surface area contributed by atoms with Crippen molar-refractivity contribution in [1.29, 1.82) is 0 Å². The molecule has 0 unspecified atom stereocenters. The monoisotopic (exact) mass is 300 g/mol. The van der Waals surface area contributed by atoms with Crippen molar-refractivity contribution >= 4 is 11.9 Å². The molecule has 0 atom stereocenters. The molecule has 0 aliphatic rings. The SMILES string of the molecule is CCOC(=O)C(CC(F)(F)c1ccccc1)C(=O)OCC. The summed E-state index contributed by atoms with van der Waals surface area (Å²) >= 11 is 0. The second-order valence-corrected chi connectivity index (χ2v) is 4.33. The molecule has 1 aromatic rings. The molecule has 4 nitrogen and oxygen atoms in total. The number of halogens is 2. The van der Waals surface area contributed by atoms with Crippen molar-refractivity contribution in [3.63, 3.8) is 0 Å². The van der Waals surface area contributed by atoms with Gasteiger partial charge >= 0.3 is 11.9 Å². The average Bonchev–Trinajstić information content (AvgIpc) is 2.46. The van der Waals surface area contributed by atoms with E-state index in [1.54, 1.807) is 6.07 Å². The first kappa shape index (κ1) is 17.1. The molecule has 0 aliphatic heterocycles. The third-order valence-electron chi connectivity index (χ3n) is 2.80. The van der Waals surface area contributed by atoms with Gasteiger partial charge in [-0.25, -0.2) is 8.78 Å². The molecule has 6 heteroatoms. The molecule has 0 aliphatic carbocycles. The van der Waals surface area contributed by atoms with Crippen LogP contribution >= 0.6 is 0 Å². The summed E-state index contributed by atoms with van der Waals surface area (Å²) in [6, 6.07) is 7.02. The number of ether oxygens (including phenoxy) is 2. The van der Waals surface area contributed by atoms with E-state index in [0.717, 1.165) is 0 Å². The van der Waals surface area contributed by atoms with Crippen LogP contribution in [0.5, 0.6) is 0 Å². The normalized spacial score (nSPS) is 11.3. The fourth-order valence-electron chi connectivity index (χ4n) is 1.80. The fourth-order valence-corrected chi connectivity index (χ4v) is 1.80. The van der Waals surface area contributed by atoms with E-state index in [-0.39, 0.29) is 18.8 Å². The smallest absolute Gasteiger partial charge is 0.320 e. The van der Waals surface area contributed by atoms with E-state index in [2.05, 4.69) is 9.47 Å². The Morgan fingerprint density at radius 1 is 1.05 bits per heavy atom. The lowest BCUT2D eigenvalue weighted by molar-refractivity contribution is -0.166. The number of alkyl halides is 2. The lowest BCUT2D eigenvalue weighted by Crippen LogP contribution is -2.33. The van der Waals surface area contributed by atoms with Gasteiger partial charge in [0.2, 0.25) is 0 Å². The molecule has 0 spiro atoms. The van der Waals surface area contributed by atoms with Crippen LogP contribution in [0, 0.1) is 5.92 Å². The summed E-state index contributed by atoms with van der Waals surface area (Å²) in [5.41, 5.74) is -0.261. The summed E-state index contributed by atoms with van der Waals surface area (Å²) in [5, 5.41) is 0. The molecule has 0 heterocycles. The van der Waals surface area contributed by atoms with Gasteiger partial charge in [0.1, 0.15) is 0 Å². The Balaban J connectivity index is 2.94. The van der Waals surface area contributed by atoms with E-state index in [0.29, 0.717) is 0 Å². The van der Waals surface area contributed by atoms with Crippen LogP contribution in [0.3, 0.4) is 0 Å². The summed E-state index contributed by atoms with van der Waals surface area (Å²) in [5.74, 6) is -6.95. The summed E-state index contributed by atoms with van der Waals surface area (Å²) in [4.78, 5) is 23.4. The van der Waals surface area contributed by atoms with E-state index in [1.165, 1.54) is 38.1 Å². The molecule has 0 N–H and O–H groups in total. The van der Waals surface area contributed by atoms with Gasteiger partial charge in [0.15, 0.2) is 5.92 Å². The number of carbonyl (C=O) groups is 2. The van der Waals surface area contributed by atoms with Gasteiger partial charge in [-0.3, -0.25) is 9.59 Å². The number of rotatable bonds is 7. The second-order valence-electron chi connectivity index (χ2n) is 4.33. The van der Waals surface area contributed by atoms with Gasteiger partial charge in [0.25, 0.3) is 5.92 Å². The lowest BCUT2D eigenvalue weighted by atomic mass is 9.96. The minimum atomic E-state index is -3.33. The number of hydrogen-bond acceptors (Lipinski definition) is 4. The number of benzene rings is 1. The molecule has 0 aromatic heterocycles. The van der Waals surface area contributed by atoms with Crippen molar-refractivity contribution in [2.24, 2.45) is 5.92 Å². The van der Waals surface area contributed by atoms with Crippen molar-refractivity contribution in [2.75, 3.05) is 13.2 Å². The van der Waals surface area contributed by atoms with Gasteiger partial charge in [0, 0.05) is 12.0 Å². The molecule has 21 heavy (non-hydrogen) atoms. The molecule has 0 fully saturated rings. The van der Waals surface area contributed by atoms with Crippen molar-refractivity contribution in [2.45, 2.75) is 26.2 Å². The van der Waals surface area contributed by atoms with Gasteiger partial charge in [-0.2, -0.15) is 0 Å². The fraction of sp³-hybridized carbons (Fsp3) is 0.467. The van der Waals surface area contributed by atoms with Gasteiger partial charge < -0.3 is 9.47 Å². The average molecular weight is 300 g/mol.